The third kappa shape index (κ3) is 3.67. The Labute approximate surface area is 109 Å². The van der Waals surface area contributed by atoms with E-state index in [0.717, 1.165) is 44.2 Å². The van der Waals surface area contributed by atoms with Crippen LogP contribution < -0.4 is 5.32 Å². The van der Waals surface area contributed by atoms with Gasteiger partial charge in [-0.15, -0.1) is 0 Å². The van der Waals surface area contributed by atoms with Crippen LogP contribution in [0.1, 0.15) is 39.4 Å². The normalized spacial score (nSPS) is 17.7. The van der Waals surface area contributed by atoms with Crippen LogP contribution in [0.2, 0.25) is 0 Å². The van der Waals surface area contributed by atoms with Gasteiger partial charge in [-0.05, 0) is 24.8 Å². The first-order valence-corrected chi connectivity index (χ1v) is 6.71. The largest absolute Gasteiger partial charge is 0.381 e. The van der Waals surface area contributed by atoms with Crippen molar-refractivity contribution in [2.75, 3.05) is 25.1 Å². The van der Waals surface area contributed by atoms with Crippen molar-refractivity contribution in [3.05, 3.63) is 18.1 Å². The van der Waals surface area contributed by atoms with Crippen LogP contribution in [0.25, 0.3) is 0 Å². The molecule has 100 valence electrons. The summed E-state index contributed by atoms with van der Waals surface area (Å²) in [6.45, 7) is 9.15. The van der Waals surface area contributed by atoms with E-state index in [9.17, 15) is 0 Å². The van der Waals surface area contributed by atoms with Gasteiger partial charge in [0.2, 0.25) is 0 Å². The van der Waals surface area contributed by atoms with Gasteiger partial charge >= 0.3 is 0 Å². The van der Waals surface area contributed by atoms with Crippen LogP contribution in [0, 0.1) is 5.92 Å². The molecule has 1 aliphatic rings. The van der Waals surface area contributed by atoms with Crippen molar-refractivity contribution < 1.29 is 4.74 Å². The molecule has 0 amide bonds. The van der Waals surface area contributed by atoms with Gasteiger partial charge in [-0.1, -0.05) is 20.8 Å². The Balaban J connectivity index is 1.92. The molecular weight excluding hydrogens is 226 g/mol. The molecule has 0 unspecified atom stereocenters. The first kappa shape index (κ1) is 13.3. The highest BCUT2D eigenvalue weighted by Crippen LogP contribution is 2.20. The summed E-state index contributed by atoms with van der Waals surface area (Å²) in [5.74, 6) is 2.52. The van der Waals surface area contributed by atoms with E-state index in [1.807, 2.05) is 12.3 Å². The Bertz CT molecular complexity index is 381. The topological polar surface area (TPSA) is 47.0 Å². The minimum atomic E-state index is -0.00360. The first-order valence-electron chi connectivity index (χ1n) is 6.71. The van der Waals surface area contributed by atoms with Crippen molar-refractivity contribution in [2.45, 2.75) is 39.0 Å². The van der Waals surface area contributed by atoms with Crippen LogP contribution in [-0.4, -0.2) is 29.7 Å². The molecule has 1 aliphatic heterocycles. The number of nitrogens with one attached hydrogen (secondary N) is 1. The van der Waals surface area contributed by atoms with E-state index in [2.05, 4.69) is 36.1 Å². The molecule has 1 aromatic heterocycles. The zero-order valence-corrected chi connectivity index (χ0v) is 11.6. The van der Waals surface area contributed by atoms with Crippen LogP contribution in [0.4, 0.5) is 5.82 Å². The quantitative estimate of drug-likeness (QED) is 0.894. The molecule has 0 bridgehead atoms. The van der Waals surface area contributed by atoms with Crippen molar-refractivity contribution in [3.8, 4) is 0 Å². The average molecular weight is 249 g/mol. The number of hydrogen-bond acceptors (Lipinski definition) is 4. The highest BCUT2D eigenvalue weighted by molar-refractivity contribution is 5.33. The molecular formula is C14H23N3O. The Hall–Kier alpha value is -1.16. The number of rotatable bonds is 3. The van der Waals surface area contributed by atoms with E-state index in [1.54, 1.807) is 0 Å². The van der Waals surface area contributed by atoms with Gasteiger partial charge in [0.15, 0.2) is 0 Å². The molecule has 1 fully saturated rings. The van der Waals surface area contributed by atoms with Gasteiger partial charge in [-0.2, -0.15) is 0 Å². The summed E-state index contributed by atoms with van der Waals surface area (Å²) in [5.41, 5.74) is -0.00360. The summed E-state index contributed by atoms with van der Waals surface area (Å²) < 4.78 is 5.36. The Morgan fingerprint density at radius 2 is 2.06 bits per heavy atom. The van der Waals surface area contributed by atoms with Crippen molar-refractivity contribution in [2.24, 2.45) is 5.92 Å². The summed E-state index contributed by atoms with van der Waals surface area (Å²) in [7, 11) is 0. The fraction of sp³-hybridized carbons (Fsp3) is 0.714. The summed E-state index contributed by atoms with van der Waals surface area (Å²) in [6.07, 6.45) is 4.12. The first-order chi connectivity index (χ1) is 8.55. The van der Waals surface area contributed by atoms with E-state index >= 15 is 0 Å². The SMILES string of the molecule is CC(C)(C)c1nccc(NCC2CCOCC2)n1. The number of nitrogens with zero attached hydrogens (tertiary/aromatic N) is 2. The van der Waals surface area contributed by atoms with Crippen LogP contribution in [-0.2, 0) is 10.2 Å². The van der Waals surface area contributed by atoms with Gasteiger partial charge in [0, 0.05) is 31.4 Å². The van der Waals surface area contributed by atoms with E-state index < -0.39 is 0 Å². The highest BCUT2D eigenvalue weighted by Gasteiger charge is 2.18. The summed E-state index contributed by atoms with van der Waals surface area (Å²) in [6, 6.07) is 1.94. The lowest BCUT2D eigenvalue weighted by molar-refractivity contribution is 0.0699. The molecule has 4 heteroatoms. The van der Waals surface area contributed by atoms with Crippen LogP contribution in [0.15, 0.2) is 12.3 Å². The monoisotopic (exact) mass is 249 g/mol. The minimum absolute atomic E-state index is 0.00360. The van der Waals surface area contributed by atoms with Crippen molar-refractivity contribution in [1.29, 1.82) is 0 Å². The number of aromatic nitrogens is 2. The van der Waals surface area contributed by atoms with Crippen LogP contribution in [0.3, 0.4) is 0 Å². The zero-order valence-electron chi connectivity index (χ0n) is 11.6. The van der Waals surface area contributed by atoms with Gasteiger partial charge in [-0.25, -0.2) is 9.97 Å². The lowest BCUT2D eigenvalue weighted by Gasteiger charge is -2.23. The molecule has 0 aliphatic carbocycles. The molecule has 1 N–H and O–H groups in total. The second kappa shape index (κ2) is 5.65. The molecule has 2 rings (SSSR count). The second-order valence-corrected chi connectivity index (χ2v) is 5.95. The Kier molecular flexibility index (Phi) is 4.17. The standard InChI is InChI=1S/C14H23N3O/c1-14(2,3)13-15-7-4-12(17-13)16-10-11-5-8-18-9-6-11/h4,7,11H,5-6,8-10H2,1-3H3,(H,15,16,17). The molecule has 0 aromatic carbocycles. The molecule has 0 radical (unpaired) electrons. The Morgan fingerprint density at radius 1 is 1.33 bits per heavy atom. The van der Waals surface area contributed by atoms with Crippen molar-refractivity contribution in [3.63, 3.8) is 0 Å². The maximum atomic E-state index is 5.36. The smallest absolute Gasteiger partial charge is 0.135 e. The molecule has 0 atom stereocenters. The number of hydrogen-bond donors (Lipinski definition) is 1. The van der Waals surface area contributed by atoms with Gasteiger partial charge < -0.3 is 10.1 Å². The number of ether oxygens (including phenoxy) is 1. The Morgan fingerprint density at radius 3 is 2.72 bits per heavy atom. The van der Waals surface area contributed by atoms with Crippen molar-refractivity contribution >= 4 is 5.82 Å². The predicted molar refractivity (Wildman–Crippen MR) is 72.8 cm³/mol. The van der Waals surface area contributed by atoms with E-state index in [-0.39, 0.29) is 5.41 Å². The zero-order chi connectivity index (χ0) is 13.0. The lowest BCUT2D eigenvalue weighted by atomic mass is 9.96. The fourth-order valence-electron chi connectivity index (χ4n) is 2.02. The third-order valence-corrected chi connectivity index (χ3v) is 3.24. The maximum Gasteiger partial charge on any atom is 0.135 e. The van der Waals surface area contributed by atoms with E-state index in [4.69, 9.17) is 4.74 Å². The number of anilines is 1. The fourth-order valence-corrected chi connectivity index (χ4v) is 2.02. The van der Waals surface area contributed by atoms with Gasteiger partial charge in [0.05, 0.1) is 0 Å². The molecule has 0 spiro atoms. The predicted octanol–water partition coefficient (Wildman–Crippen LogP) is 2.61. The van der Waals surface area contributed by atoms with E-state index in [0.29, 0.717) is 5.92 Å². The lowest BCUT2D eigenvalue weighted by Crippen LogP contribution is -2.23. The van der Waals surface area contributed by atoms with Gasteiger partial charge in [-0.3, -0.25) is 0 Å². The molecule has 0 saturated carbocycles. The summed E-state index contributed by atoms with van der Waals surface area (Å²) >= 11 is 0. The molecule has 2 heterocycles. The molecule has 1 saturated heterocycles. The molecule has 1 aromatic rings. The summed E-state index contributed by atoms with van der Waals surface area (Å²) in [4.78, 5) is 8.91. The molecule has 18 heavy (non-hydrogen) atoms. The third-order valence-electron chi connectivity index (χ3n) is 3.24. The second-order valence-electron chi connectivity index (χ2n) is 5.95. The van der Waals surface area contributed by atoms with Gasteiger partial charge in [0.25, 0.3) is 0 Å². The summed E-state index contributed by atoms with van der Waals surface area (Å²) in [5, 5.41) is 3.42. The molecule has 4 nitrogen and oxygen atoms in total. The van der Waals surface area contributed by atoms with E-state index in [1.165, 1.54) is 0 Å². The van der Waals surface area contributed by atoms with Gasteiger partial charge in [0.1, 0.15) is 11.6 Å². The minimum Gasteiger partial charge on any atom is -0.381 e. The van der Waals surface area contributed by atoms with Crippen LogP contribution >= 0.6 is 0 Å². The van der Waals surface area contributed by atoms with Crippen molar-refractivity contribution in [1.82, 2.24) is 9.97 Å². The maximum absolute atomic E-state index is 5.36. The average Bonchev–Trinajstić information content (AvgIpc) is 2.37. The van der Waals surface area contributed by atoms with Crippen LogP contribution in [0.5, 0.6) is 0 Å². The highest BCUT2D eigenvalue weighted by atomic mass is 16.5.